The van der Waals surface area contributed by atoms with E-state index in [9.17, 15) is 4.39 Å². The molecular formula is C19H14FN7O. The van der Waals surface area contributed by atoms with Crippen LogP contribution >= 0.6 is 0 Å². The average Bonchev–Trinajstić information content (AvgIpc) is 3.44. The highest BCUT2D eigenvalue weighted by Gasteiger charge is 2.17. The van der Waals surface area contributed by atoms with Crippen molar-refractivity contribution in [3.05, 3.63) is 66.6 Å². The Hall–Kier alpha value is -3.88. The molecular weight excluding hydrogens is 361 g/mol. The summed E-state index contributed by atoms with van der Waals surface area (Å²) in [6, 6.07) is 10.1. The second-order valence-corrected chi connectivity index (χ2v) is 6.31. The summed E-state index contributed by atoms with van der Waals surface area (Å²) in [5.41, 5.74) is 3.74. The van der Waals surface area contributed by atoms with Crippen molar-refractivity contribution in [2.45, 2.75) is 6.54 Å². The first-order chi connectivity index (χ1) is 13.7. The van der Waals surface area contributed by atoms with E-state index in [2.05, 4.69) is 25.2 Å². The zero-order chi connectivity index (χ0) is 19.1. The average molecular weight is 375 g/mol. The molecule has 8 nitrogen and oxygen atoms in total. The zero-order valence-corrected chi connectivity index (χ0v) is 14.8. The number of aromatic nitrogens is 7. The quantitative estimate of drug-likeness (QED) is 0.480. The van der Waals surface area contributed by atoms with E-state index in [1.807, 2.05) is 17.7 Å². The van der Waals surface area contributed by atoms with Crippen LogP contribution in [0.25, 0.3) is 34.1 Å². The van der Waals surface area contributed by atoms with E-state index in [0.29, 0.717) is 34.1 Å². The van der Waals surface area contributed by atoms with Crippen molar-refractivity contribution in [1.29, 1.82) is 0 Å². The predicted octanol–water partition coefficient (Wildman–Crippen LogP) is 3.07. The van der Waals surface area contributed by atoms with Gasteiger partial charge in [-0.05, 0) is 12.1 Å². The van der Waals surface area contributed by atoms with Crippen LogP contribution in [0.4, 0.5) is 4.39 Å². The molecule has 0 unspecified atom stereocenters. The molecule has 0 atom stereocenters. The largest absolute Gasteiger partial charge is 0.364 e. The van der Waals surface area contributed by atoms with E-state index in [0.717, 1.165) is 5.52 Å². The van der Waals surface area contributed by atoms with Crippen LogP contribution in [0.1, 0.15) is 5.56 Å². The van der Waals surface area contributed by atoms with Crippen molar-refractivity contribution in [3.63, 3.8) is 0 Å². The normalized spacial score (nSPS) is 11.4. The van der Waals surface area contributed by atoms with Crippen molar-refractivity contribution in [3.8, 4) is 22.9 Å². The van der Waals surface area contributed by atoms with Gasteiger partial charge in [0.15, 0.2) is 11.5 Å². The Morgan fingerprint density at radius 1 is 1.11 bits per heavy atom. The van der Waals surface area contributed by atoms with Crippen molar-refractivity contribution in [2.24, 2.45) is 7.05 Å². The molecule has 0 fully saturated rings. The van der Waals surface area contributed by atoms with Crippen molar-refractivity contribution in [1.82, 2.24) is 34.5 Å². The van der Waals surface area contributed by atoms with Gasteiger partial charge < -0.3 is 9.09 Å². The number of nitrogens with zero attached hydrogens (tertiary/aromatic N) is 7. The van der Waals surface area contributed by atoms with E-state index >= 15 is 0 Å². The minimum Gasteiger partial charge on any atom is -0.364 e. The summed E-state index contributed by atoms with van der Waals surface area (Å²) in [4.78, 5) is 13.2. The lowest BCUT2D eigenvalue weighted by atomic mass is 10.2. The van der Waals surface area contributed by atoms with Gasteiger partial charge in [0.25, 0.3) is 0 Å². The Balaban J connectivity index is 1.61. The monoisotopic (exact) mass is 375 g/mol. The van der Waals surface area contributed by atoms with Crippen LogP contribution in [0.15, 0.2) is 59.7 Å². The van der Waals surface area contributed by atoms with Crippen LogP contribution < -0.4 is 0 Å². The van der Waals surface area contributed by atoms with E-state index in [-0.39, 0.29) is 12.4 Å². The number of fused-ring (bicyclic) bond motifs is 1. The summed E-state index contributed by atoms with van der Waals surface area (Å²) in [6.07, 6.45) is 4.86. The van der Waals surface area contributed by atoms with E-state index in [1.165, 1.54) is 12.3 Å². The summed E-state index contributed by atoms with van der Waals surface area (Å²) >= 11 is 0. The van der Waals surface area contributed by atoms with Gasteiger partial charge in [-0.2, -0.15) is 5.10 Å². The van der Waals surface area contributed by atoms with Crippen molar-refractivity contribution >= 4 is 11.2 Å². The molecule has 4 heterocycles. The third-order valence-electron chi connectivity index (χ3n) is 4.47. The highest BCUT2D eigenvalue weighted by molar-refractivity contribution is 5.72. The first-order valence-corrected chi connectivity index (χ1v) is 8.55. The molecule has 0 saturated carbocycles. The maximum atomic E-state index is 14.1. The van der Waals surface area contributed by atoms with Gasteiger partial charge in [0.2, 0.25) is 0 Å². The summed E-state index contributed by atoms with van der Waals surface area (Å²) in [7, 11) is 1.88. The maximum Gasteiger partial charge on any atom is 0.182 e. The molecule has 0 saturated heterocycles. The lowest BCUT2D eigenvalue weighted by Gasteiger charge is -2.06. The lowest BCUT2D eigenvalue weighted by Crippen LogP contribution is -2.06. The van der Waals surface area contributed by atoms with Crippen LogP contribution in [0.2, 0.25) is 0 Å². The SMILES string of the molecule is Cn1cnc2nc(-c3cc(-c4ccon4)n(Cc4ccccc4F)n3)ncc21. The van der Waals surface area contributed by atoms with Crippen LogP contribution in [0, 0.1) is 5.82 Å². The van der Waals surface area contributed by atoms with Crippen molar-refractivity contribution in [2.75, 3.05) is 0 Å². The number of halogens is 1. The smallest absolute Gasteiger partial charge is 0.182 e. The molecule has 0 aliphatic rings. The fourth-order valence-electron chi connectivity index (χ4n) is 3.02. The molecule has 28 heavy (non-hydrogen) atoms. The first kappa shape index (κ1) is 16.3. The highest BCUT2D eigenvalue weighted by Crippen LogP contribution is 2.25. The number of benzene rings is 1. The topological polar surface area (TPSA) is 87.5 Å². The van der Waals surface area contributed by atoms with Gasteiger partial charge in [0, 0.05) is 18.7 Å². The Morgan fingerprint density at radius 2 is 2.00 bits per heavy atom. The number of aryl methyl sites for hydroxylation is 1. The van der Waals surface area contributed by atoms with Gasteiger partial charge in [-0.15, -0.1) is 0 Å². The number of rotatable bonds is 4. The molecule has 138 valence electrons. The van der Waals surface area contributed by atoms with Gasteiger partial charge in [0.1, 0.15) is 29.0 Å². The molecule has 0 N–H and O–H groups in total. The number of hydrogen-bond acceptors (Lipinski definition) is 6. The predicted molar refractivity (Wildman–Crippen MR) is 98.5 cm³/mol. The van der Waals surface area contributed by atoms with Gasteiger partial charge in [-0.3, -0.25) is 4.68 Å². The van der Waals surface area contributed by atoms with Crippen LogP contribution in [-0.4, -0.2) is 34.5 Å². The van der Waals surface area contributed by atoms with Crippen LogP contribution in [0.5, 0.6) is 0 Å². The molecule has 4 aromatic heterocycles. The molecule has 1 aromatic carbocycles. The van der Waals surface area contributed by atoms with E-state index in [1.54, 1.807) is 41.5 Å². The van der Waals surface area contributed by atoms with Crippen LogP contribution in [0.3, 0.4) is 0 Å². The Kier molecular flexibility index (Phi) is 3.71. The van der Waals surface area contributed by atoms with E-state index in [4.69, 9.17) is 4.52 Å². The number of imidazole rings is 1. The summed E-state index contributed by atoms with van der Waals surface area (Å²) in [5.74, 6) is 0.139. The Labute approximate surface area is 158 Å². The maximum absolute atomic E-state index is 14.1. The first-order valence-electron chi connectivity index (χ1n) is 8.55. The molecule has 0 bridgehead atoms. The molecule has 0 aliphatic heterocycles. The summed E-state index contributed by atoms with van der Waals surface area (Å²) in [6.45, 7) is 0.237. The van der Waals surface area contributed by atoms with Crippen molar-refractivity contribution < 1.29 is 8.91 Å². The minimum absolute atomic E-state index is 0.237. The van der Waals surface area contributed by atoms with Crippen LogP contribution in [-0.2, 0) is 13.6 Å². The third-order valence-corrected chi connectivity index (χ3v) is 4.47. The Morgan fingerprint density at radius 3 is 2.82 bits per heavy atom. The fourth-order valence-corrected chi connectivity index (χ4v) is 3.02. The summed E-state index contributed by atoms with van der Waals surface area (Å²) in [5, 5.41) is 8.58. The standard InChI is InChI=1S/C19H14FN7O/c1-26-11-22-19-17(26)9-21-18(23-19)15-8-16(14-6-7-28-25-14)27(24-15)10-12-4-2-3-5-13(12)20/h2-9,11H,10H2,1H3. The van der Waals surface area contributed by atoms with Gasteiger partial charge in [0.05, 0.1) is 24.8 Å². The number of hydrogen-bond donors (Lipinski definition) is 0. The third kappa shape index (κ3) is 2.73. The zero-order valence-electron chi connectivity index (χ0n) is 14.8. The molecule has 0 amide bonds. The minimum atomic E-state index is -0.295. The summed E-state index contributed by atoms with van der Waals surface area (Å²) < 4.78 is 22.6. The molecule has 0 radical (unpaired) electrons. The Bertz CT molecular complexity index is 1270. The second-order valence-electron chi connectivity index (χ2n) is 6.31. The van der Waals surface area contributed by atoms with Gasteiger partial charge in [-0.1, -0.05) is 23.4 Å². The van der Waals surface area contributed by atoms with Gasteiger partial charge in [-0.25, -0.2) is 19.3 Å². The van der Waals surface area contributed by atoms with E-state index < -0.39 is 0 Å². The molecule has 0 aliphatic carbocycles. The molecule has 5 aromatic rings. The lowest BCUT2D eigenvalue weighted by molar-refractivity contribution is 0.421. The fraction of sp³-hybridized carbons (Fsp3) is 0.105. The second kappa shape index (κ2) is 6.38. The molecule has 9 heteroatoms. The molecule has 0 spiro atoms. The van der Waals surface area contributed by atoms with Gasteiger partial charge >= 0.3 is 0 Å². The highest BCUT2D eigenvalue weighted by atomic mass is 19.1. The molecule has 5 rings (SSSR count).